The number of ether oxygens (including phenoxy) is 1. The normalized spacial score (nSPS) is 14.9. The Morgan fingerprint density at radius 3 is 2.83 bits per heavy atom. The van der Waals surface area contributed by atoms with Crippen molar-refractivity contribution in [2.45, 2.75) is 26.3 Å². The standard InChI is InChI=1S/C15H21NO2/c1-10-4-5-14-12(6-10)8-15(18-14)13(16)7-11(2)9-17-3/h4-6,8,11,13H,7,9,16H2,1-3H3. The van der Waals surface area contributed by atoms with Gasteiger partial charge in [-0.2, -0.15) is 0 Å². The number of hydrogen-bond donors (Lipinski definition) is 1. The maximum absolute atomic E-state index is 6.18. The molecule has 2 atom stereocenters. The van der Waals surface area contributed by atoms with Crippen molar-refractivity contribution in [1.29, 1.82) is 0 Å². The summed E-state index contributed by atoms with van der Waals surface area (Å²) in [4.78, 5) is 0. The summed E-state index contributed by atoms with van der Waals surface area (Å²) in [6.07, 6.45) is 0.868. The topological polar surface area (TPSA) is 48.4 Å². The summed E-state index contributed by atoms with van der Waals surface area (Å²) >= 11 is 0. The molecule has 1 aromatic heterocycles. The van der Waals surface area contributed by atoms with Crippen LogP contribution in [0.5, 0.6) is 0 Å². The first kappa shape index (κ1) is 13.1. The highest BCUT2D eigenvalue weighted by Gasteiger charge is 2.15. The number of hydrogen-bond acceptors (Lipinski definition) is 3. The molecule has 0 aliphatic carbocycles. The molecule has 2 unspecified atom stereocenters. The fourth-order valence-electron chi connectivity index (χ4n) is 2.27. The lowest BCUT2D eigenvalue weighted by Crippen LogP contribution is -2.16. The van der Waals surface area contributed by atoms with Crippen LogP contribution in [0.4, 0.5) is 0 Å². The second-order valence-electron chi connectivity index (χ2n) is 5.09. The van der Waals surface area contributed by atoms with Crippen molar-refractivity contribution >= 4 is 11.0 Å². The maximum Gasteiger partial charge on any atom is 0.134 e. The van der Waals surface area contributed by atoms with Crippen LogP contribution in [0.3, 0.4) is 0 Å². The van der Waals surface area contributed by atoms with Gasteiger partial charge in [0, 0.05) is 19.1 Å². The van der Waals surface area contributed by atoms with Gasteiger partial charge in [0.05, 0.1) is 6.04 Å². The average molecular weight is 247 g/mol. The highest BCUT2D eigenvalue weighted by atomic mass is 16.5. The molecule has 0 saturated carbocycles. The first-order valence-corrected chi connectivity index (χ1v) is 6.34. The molecule has 98 valence electrons. The van der Waals surface area contributed by atoms with E-state index < -0.39 is 0 Å². The van der Waals surface area contributed by atoms with E-state index in [-0.39, 0.29) is 6.04 Å². The Morgan fingerprint density at radius 1 is 1.33 bits per heavy atom. The van der Waals surface area contributed by atoms with Crippen LogP contribution < -0.4 is 5.73 Å². The van der Waals surface area contributed by atoms with Gasteiger partial charge >= 0.3 is 0 Å². The van der Waals surface area contributed by atoms with Gasteiger partial charge in [0.1, 0.15) is 11.3 Å². The third-order valence-electron chi connectivity index (χ3n) is 3.16. The summed E-state index contributed by atoms with van der Waals surface area (Å²) in [7, 11) is 1.71. The lowest BCUT2D eigenvalue weighted by molar-refractivity contribution is 0.150. The molecule has 0 spiro atoms. The van der Waals surface area contributed by atoms with Crippen molar-refractivity contribution in [2.75, 3.05) is 13.7 Å². The van der Waals surface area contributed by atoms with Crippen LogP contribution in [0, 0.1) is 12.8 Å². The molecule has 0 fully saturated rings. The van der Waals surface area contributed by atoms with E-state index in [1.807, 2.05) is 12.1 Å². The van der Waals surface area contributed by atoms with Gasteiger partial charge in [0.25, 0.3) is 0 Å². The lowest BCUT2D eigenvalue weighted by atomic mass is 10.0. The molecule has 0 bridgehead atoms. The second kappa shape index (κ2) is 5.55. The molecule has 0 aliphatic rings. The Balaban J connectivity index is 2.15. The molecule has 2 rings (SSSR count). The monoisotopic (exact) mass is 247 g/mol. The summed E-state index contributed by atoms with van der Waals surface area (Å²) in [6.45, 7) is 4.94. The Kier molecular flexibility index (Phi) is 4.04. The van der Waals surface area contributed by atoms with Crippen LogP contribution >= 0.6 is 0 Å². The van der Waals surface area contributed by atoms with Gasteiger partial charge in [-0.3, -0.25) is 0 Å². The van der Waals surface area contributed by atoms with Crippen molar-refractivity contribution in [1.82, 2.24) is 0 Å². The molecular weight excluding hydrogens is 226 g/mol. The van der Waals surface area contributed by atoms with Crippen LogP contribution in [0.1, 0.15) is 30.7 Å². The lowest BCUT2D eigenvalue weighted by Gasteiger charge is -2.14. The minimum atomic E-state index is -0.0668. The van der Waals surface area contributed by atoms with E-state index in [0.29, 0.717) is 5.92 Å². The Labute approximate surface area is 108 Å². The summed E-state index contributed by atoms with van der Waals surface area (Å²) in [6, 6.07) is 8.15. The number of fused-ring (bicyclic) bond motifs is 1. The third kappa shape index (κ3) is 2.92. The first-order chi connectivity index (χ1) is 8.60. The number of benzene rings is 1. The largest absolute Gasteiger partial charge is 0.459 e. The first-order valence-electron chi connectivity index (χ1n) is 6.34. The molecule has 3 heteroatoms. The second-order valence-corrected chi connectivity index (χ2v) is 5.09. The van der Waals surface area contributed by atoms with Crippen LogP contribution in [-0.4, -0.2) is 13.7 Å². The van der Waals surface area contributed by atoms with Gasteiger partial charge in [-0.25, -0.2) is 0 Å². The molecule has 0 amide bonds. The van der Waals surface area contributed by atoms with E-state index >= 15 is 0 Å². The highest BCUT2D eigenvalue weighted by molar-refractivity contribution is 5.78. The molecule has 2 aromatic rings. The molecule has 0 radical (unpaired) electrons. The van der Waals surface area contributed by atoms with Gasteiger partial charge < -0.3 is 14.9 Å². The zero-order chi connectivity index (χ0) is 13.1. The number of nitrogens with two attached hydrogens (primary N) is 1. The van der Waals surface area contributed by atoms with Crippen LogP contribution in [-0.2, 0) is 4.74 Å². The summed E-state index contributed by atoms with van der Waals surface area (Å²) < 4.78 is 10.9. The highest BCUT2D eigenvalue weighted by Crippen LogP contribution is 2.27. The minimum absolute atomic E-state index is 0.0668. The van der Waals surface area contributed by atoms with E-state index in [0.717, 1.165) is 29.8 Å². The molecule has 3 nitrogen and oxygen atoms in total. The molecule has 1 aromatic carbocycles. The molecule has 2 N–H and O–H groups in total. The Bertz CT molecular complexity index is 518. The molecule has 0 saturated heterocycles. The van der Waals surface area contributed by atoms with Gasteiger partial charge in [-0.1, -0.05) is 18.6 Å². The van der Waals surface area contributed by atoms with Gasteiger partial charge in [-0.05, 0) is 37.5 Å². The fourth-order valence-corrected chi connectivity index (χ4v) is 2.27. The molecule has 18 heavy (non-hydrogen) atoms. The smallest absolute Gasteiger partial charge is 0.134 e. The number of rotatable bonds is 5. The van der Waals surface area contributed by atoms with Gasteiger partial charge in [0.15, 0.2) is 0 Å². The number of furan rings is 1. The van der Waals surface area contributed by atoms with E-state index in [1.54, 1.807) is 7.11 Å². The van der Waals surface area contributed by atoms with Crippen molar-refractivity contribution in [2.24, 2.45) is 11.7 Å². The Morgan fingerprint density at radius 2 is 2.11 bits per heavy atom. The van der Waals surface area contributed by atoms with Crippen molar-refractivity contribution in [3.63, 3.8) is 0 Å². The Hall–Kier alpha value is -1.32. The van der Waals surface area contributed by atoms with Crippen LogP contribution in [0.15, 0.2) is 28.7 Å². The summed E-state index contributed by atoms with van der Waals surface area (Å²) in [5.74, 6) is 1.29. The molecule has 1 heterocycles. The molecular formula is C15H21NO2. The predicted octanol–water partition coefficient (Wildman–Crippen LogP) is 3.41. The van der Waals surface area contributed by atoms with Crippen LogP contribution in [0.2, 0.25) is 0 Å². The molecule has 0 aliphatic heterocycles. The number of methoxy groups -OCH3 is 1. The van der Waals surface area contributed by atoms with E-state index in [2.05, 4.69) is 26.0 Å². The van der Waals surface area contributed by atoms with E-state index in [9.17, 15) is 0 Å². The zero-order valence-corrected chi connectivity index (χ0v) is 11.3. The minimum Gasteiger partial charge on any atom is -0.459 e. The quantitative estimate of drug-likeness (QED) is 0.880. The third-order valence-corrected chi connectivity index (χ3v) is 3.16. The zero-order valence-electron chi connectivity index (χ0n) is 11.3. The predicted molar refractivity (Wildman–Crippen MR) is 73.5 cm³/mol. The maximum atomic E-state index is 6.18. The van der Waals surface area contributed by atoms with Gasteiger partial charge in [-0.15, -0.1) is 0 Å². The summed E-state index contributed by atoms with van der Waals surface area (Å²) in [5.41, 5.74) is 8.32. The summed E-state index contributed by atoms with van der Waals surface area (Å²) in [5, 5.41) is 1.12. The number of aryl methyl sites for hydroxylation is 1. The van der Waals surface area contributed by atoms with Crippen molar-refractivity contribution < 1.29 is 9.15 Å². The average Bonchev–Trinajstić information content (AvgIpc) is 2.72. The van der Waals surface area contributed by atoms with E-state index in [1.165, 1.54) is 5.56 Å². The van der Waals surface area contributed by atoms with Crippen LogP contribution in [0.25, 0.3) is 11.0 Å². The SMILES string of the molecule is COCC(C)CC(N)c1cc2cc(C)ccc2o1. The van der Waals surface area contributed by atoms with Gasteiger partial charge in [0.2, 0.25) is 0 Å². The van der Waals surface area contributed by atoms with E-state index in [4.69, 9.17) is 14.9 Å². The van der Waals surface area contributed by atoms with Crippen molar-refractivity contribution in [3.8, 4) is 0 Å². The van der Waals surface area contributed by atoms with Crippen molar-refractivity contribution in [3.05, 3.63) is 35.6 Å². The fraction of sp³-hybridized carbons (Fsp3) is 0.467.